The van der Waals surface area contributed by atoms with Crippen molar-refractivity contribution >= 4 is 10.9 Å². The van der Waals surface area contributed by atoms with E-state index in [9.17, 15) is 0 Å². The molecule has 0 amide bonds. The van der Waals surface area contributed by atoms with Crippen molar-refractivity contribution in [2.45, 2.75) is 26.3 Å². The standard InChI is InChI=1S/C16H22N2O/c1-4-12(2)14(17-3)11-19-15-9-5-7-13-8-6-10-18-16(13)15/h5-10,12,14,17H,4,11H2,1-3H3. The van der Waals surface area contributed by atoms with E-state index in [2.05, 4.69) is 36.3 Å². The number of pyridine rings is 1. The first kappa shape index (κ1) is 13.8. The number of aromatic nitrogens is 1. The molecule has 0 aliphatic carbocycles. The SMILES string of the molecule is CCC(C)C(COc1cccc2cccnc12)NC. The molecule has 1 N–H and O–H groups in total. The predicted octanol–water partition coefficient (Wildman–Crippen LogP) is 3.25. The molecule has 1 heterocycles. The highest BCUT2D eigenvalue weighted by Gasteiger charge is 2.15. The molecule has 0 radical (unpaired) electrons. The number of ether oxygens (including phenoxy) is 1. The molecule has 102 valence electrons. The summed E-state index contributed by atoms with van der Waals surface area (Å²) in [7, 11) is 1.99. The molecule has 0 saturated carbocycles. The predicted molar refractivity (Wildman–Crippen MR) is 79.5 cm³/mol. The molecule has 2 atom stereocenters. The van der Waals surface area contributed by atoms with Crippen molar-refractivity contribution in [1.82, 2.24) is 10.3 Å². The Balaban J connectivity index is 2.13. The molecule has 0 saturated heterocycles. The average molecular weight is 258 g/mol. The second-order valence-corrected chi connectivity index (χ2v) is 4.92. The highest BCUT2D eigenvalue weighted by atomic mass is 16.5. The number of fused-ring (bicyclic) bond motifs is 1. The van der Waals surface area contributed by atoms with Crippen LogP contribution in [-0.2, 0) is 0 Å². The zero-order chi connectivity index (χ0) is 13.7. The van der Waals surface area contributed by atoms with E-state index in [0.29, 0.717) is 18.6 Å². The molecular formula is C16H22N2O. The smallest absolute Gasteiger partial charge is 0.145 e. The number of benzene rings is 1. The van der Waals surface area contributed by atoms with Gasteiger partial charge in [0.25, 0.3) is 0 Å². The summed E-state index contributed by atoms with van der Waals surface area (Å²) in [5, 5.41) is 4.44. The van der Waals surface area contributed by atoms with Gasteiger partial charge in [0.05, 0.1) is 0 Å². The molecule has 19 heavy (non-hydrogen) atoms. The topological polar surface area (TPSA) is 34.1 Å². The first-order valence-electron chi connectivity index (χ1n) is 6.90. The van der Waals surface area contributed by atoms with Crippen molar-refractivity contribution in [2.24, 2.45) is 5.92 Å². The van der Waals surface area contributed by atoms with Crippen LogP contribution in [0.3, 0.4) is 0 Å². The molecule has 1 aromatic heterocycles. The number of nitrogens with zero attached hydrogens (tertiary/aromatic N) is 1. The fourth-order valence-corrected chi connectivity index (χ4v) is 2.19. The van der Waals surface area contributed by atoms with E-state index in [4.69, 9.17) is 4.74 Å². The van der Waals surface area contributed by atoms with Crippen LogP contribution in [0.1, 0.15) is 20.3 Å². The number of nitrogens with one attached hydrogen (secondary N) is 1. The molecule has 0 aliphatic heterocycles. The molecule has 3 heteroatoms. The Morgan fingerprint density at radius 1 is 1.26 bits per heavy atom. The van der Waals surface area contributed by atoms with Gasteiger partial charge in [0, 0.05) is 17.6 Å². The Morgan fingerprint density at radius 3 is 2.79 bits per heavy atom. The van der Waals surface area contributed by atoms with Crippen molar-refractivity contribution in [1.29, 1.82) is 0 Å². The lowest BCUT2D eigenvalue weighted by atomic mass is 10.0. The molecule has 0 aliphatic rings. The van der Waals surface area contributed by atoms with Crippen LogP contribution >= 0.6 is 0 Å². The van der Waals surface area contributed by atoms with E-state index < -0.39 is 0 Å². The van der Waals surface area contributed by atoms with Gasteiger partial charge in [-0.2, -0.15) is 0 Å². The van der Waals surface area contributed by atoms with Crippen molar-refractivity contribution in [3.05, 3.63) is 36.5 Å². The molecule has 1 aromatic carbocycles. The van der Waals surface area contributed by atoms with Crippen LogP contribution in [0, 0.1) is 5.92 Å². The zero-order valence-corrected chi connectivity index (χ0v) is 11.9. The normalized spacial score (nSPS) is 14.3. The highest BCUT2D eigenvalue weighted by molar-refractivity contribution is 5.84. The first-order valence-corrected chi connectivity index (χ1v) is 6.90. The van der Waals surface area contributed by atoms with E-state index >= 15 is 0 Å². The van der Waals surface area contributed by atoms with Crippen molar-refractivity contribution in [2.75, 3.05) is 13.7 Å². The summed E-state index contributed by atoms with van der Waals surface area (Å²) in [6.07, 6.45) is 2.95. The van der Waals surface area contributed by atoms with Gasteiger partial charge in [-0.3, -0.25) is 4.98 Å². The summed E-state index contributed by atoms with van der Waals surface area (Å²) in [5.41, 5.74) is 0.934. The third kappa shape index (κ3) is 3.24. The number of hydrogen-bond acceptors (Lipinski definition) is 3. The first-order chi connectivity index (χ1) is 9.26. The Kier molecular flexibility index (Phi) is 4.74. The van der Waals surface area contributed by atoms with Crippen LogP contribution < -0.4 is 10.1 Å². The Labute approximate surface area is 115 Å². The van der Waals surface area contributed by atoms with E-state index in [1.807, 2.05) is 25.2 Å². The van der Waals surface area contributed by atoms with Gasteiger partial charge in [0.2, 0.25) is 0 Å². The van der Waals surface area contributed by atoms with Crippen LogP contribution in [0.2, 0.25) is 0 Å². The number of likely N-dealkylation sites (N-methyl/N-ethyl adjacent to an activating group) is 1. The van der Waals surface area contributed by atoms with Crippen LogP contribution in [0.15, 0.2) is 36.5 Å². The molecule has 0 bridgehead atoms. The van der Waals surface area contributed by atoms with Crippen molar-refractivity contribution < 1.29 is 4.74 Å². The van der Waals surface area contributed by atoms with Crippen LogP contribution in [0.5, 0.6) is 5.75 Å². The maximum absolute atomic E-state index is 5.97. The van der Waals surface area contributed by atoms with Gasteiger partial charge in [-0.25, -0.2) is 0 Å². The van der Waals surface area contributed by atoms with Crippen molar-refractivity contribution in [3.63, 3.8) is 0 Å². The molecule has 2 unspecified atom stereocenters. The summed E-state index contributed by atoms with van der Waals surface area (Å²) in [6.45, 7) is 5.11. The van der Waals surface area contributed by atoms with Gasteiger partial charge in [-0.15, -0.1) is 0 Å². The van der Waals surface area contributed by atoms with Gasteiger partial charge < -0.3 is 10.1 Å². The minimum absolute atomic E-state index is 0.365. The molecule has 0 spiro atoms. The minimum Gasteiger partial charge on any atom is -0.490 e. The fraction of sp³-hybridized carbons (Fsp3) is 0.438. The second kappa shape index (κ2) is 6.53. The summed E-state index contributed by atoms with van der Waals surface area (Å²) in [5.74, 6) is 1.45. The van der Waals surface area contributed by atoms with E-state index in [-0.39, 0.29) is 0 Å². The maximum Gasteiger partial charge on any atom is 0.145 e. The average Bonchev–Trinajstić information content (AvgIpc) is 2.47. The molecule has 3 nitrogen and oxygen atoms in total. The lowest BCUT2D eigenvalue weighted by molar-refractivity contribution is 0.230. The lowest BCUT2D eigenvalue weighted by Gasteiger charge is -2.22. The van der Waals surface area contributed by atoms with E-state index in [1.54, 1.807) is 6.20 Å². The summed E-state index contributed by atoms with van der Waals surface area (Å²) >= 11 is 0. The third-order valence-electron chi connectivity index (χ3n) is 3.72. The van der Waals surface area contributed by atoms with Crippen LogP contribution in [0.4, 0.5) is 0 Å². The molecule has 0 fully saturated rings. The fourth-order valence-electron chi connectivity index (χ4n) is 2.19. The summed E-state index contributed by atoms with van der Waals surface area (Å²) in [4.78, 5) is 4.40. The second-order valence-electron chi connectivity index (χ2n) is 4.92. The number of para-hydroxylation sites is 1. The van der Waals surface area contributed by atoms with Gasteiger partial charge in [0.1, 0.15) is 17.9 Å². The molecular weight excluding hydrogens is 236 g/mol. The van der Waals surface area contributed by atoms with E-state index in [0.717, 1.165) is 23.1 Å². The van der Waals surface area contributed by atoms with E-state index in [1.165, 1.54) is 0 Å². The van der Waals surface area contributed by atoms with Crippen molar-refractivity contribution in [3.8, 4) is 5.75 Å². The zero-order valence-electron chi connectivity index (χ0n) is 11.9. The van der Waals surface area contributed by atoms with Gasteiger partial charge in [0.15, 0.2) is 0 Å². The summed E-state index contributed by atoms with van der Waals surface area (Å²) in [6, 6.07) is 10.4. The highest BCUT2D eigenvalue weighted by Crippen LogP contribution is 2.23. The lowest BCUT2D eigenvalue weighted by Crippen LogP contribution is -2.37. The largest absolute Gasteiger partial charge is 0.490 e. The minimum atomic E-state index is 0.365. The molecule has 2 rings (SSSR count). The Hall–Kier alpha value is -1.61. The Bertz CT molecular complexity index is 522. The molecule has 2 aromatic rings. The van der Waals surface area contributed by atoms with Crippen LogP contribution in [0.25, 0.3) is 10.9 Å². The number of hydrogen-bond donors (Lipinski definition) is 1. The third-order valence-corrected chi connectivity index (χ3v) is 3.72. The maximum atomic E-state index is 5.97. The van der Waals surface area contributed by atoms with Crippen LogP contribution in [-0.4, -0.2) is 24.7 Å². The van der Waals surface area contributed by atoms with Gasteiger partial charge in [-0.05, 0) is 25.1 Å². The summed E-state index contributed by atoms with van der Waals surface area (Å²) < 4.78 is 5.97. The Morgan fingerprint density at radius 2 is 2.05 bits per heavy atom. The quantitative estimate of drug-likeness (QED) is 0.863. The monoisotopic (exact) mass is 258 g/mol. The number of rotatable bonds is 6. The van der Waals surface area contributed by atoms with Gasteiger partial charge in [-0.1, -0.05) is 38.5 Å². The van der Waals surface area contributed by atoms with Gasteiger partial charge >= 0.3 is 0 Å².